The van der Waals surface area contributed by atoms with Crippen molar-refractivity contribution in [1.29, 1.82) is 0 Å². The second-order valence-electron chi connectivity index (χ2n) is 5.74. The summed E-state index contributed by atoms with van der Waals surface area (Å²) in [5, 5.41) is 0. The molecule has 0 aliphatic heterocycles. The molecule has 0 rings (SSSR count). The van der Waals surface area contributed by atoms with Crippen LogP contribution in [0.3, 0.4) is 0 Å². The summed E-state index contributed by atoms with van der Waals surface area (Å²) in [4.78, 5) is 0. The summed E-state index contributed by atoms with van der Waals surface area (Å²) < 4.78 is 18.6. The molecule has 8 heteroatoms. The molecule has 0 spiro atoms. The zero-order chi connectivity index (χ0) is 16.9. The van der Waals surface area contributed by atoms with Gasteiger partial charge in [0.05, 0.1) is 0 Å². The van der Waals surface area contributed by atoms with E-state index in [0.717, 1.165) is 0 Å². The molecule has 0 aromatic heterocycles. The number of rotatable bonds is 10. The van der Waals surface area contributed by atoms with Gasteiger partial charge in [-0.15, -0.1) is 37.4 Å². The van der Waals surface area contributed by atoms with Gasteiger partial charge in [0, 0.05) is 0 Å². The summed E-state index contributed by atoms with van der Waals surface area (Å²) in [5.74, 6) is 0. The van der Waals surface area contributed by atoms with Crippen LogP contribution in [0, 0.1) is 0 Å². The molecule has 0 aromatic carbocycles. The molecule has 0 aliphatic rings. The maximum absolute atomic E-state index is 6.36. The number of halogens is 1. The van der Waals surface area contributed by atoms with Crippen molar-refractivity contribution in [3.05, 3.63) is 49.1 Å². The van der Waals surface area contributed by atoms with E-state index >= 15 is 0 Å². The Bertz CT molecular complexity index is 390. The van der Waals surface area contributed by atoms with E-state index < -0.39 is 33.1 Å². The van der Waals surface area contributed by atoms with Crippen molar-refractivity contribution < 1.29 is 12.3 Å². The number of hydrogen-bond acceptors (Lipinski definition) is 3. The smallest absolute Gasteiger partial charge is 0.343 e. The van der Waals surface area contributed by atoms with Crippen molar-refractivity contribution >= 4 is 44.1 Å². The lowest BCUT2D eigenvalue weighted by atomic mass is 11.3. The van der Waals surface area contributed by atoms with E-state index in [1.165, 1.54) is 0 Å². The van der Waals surface area contributed by atoms with Gasteiger partial charge in [-0.2, -0.15) is 0 Å². The molecule has 3 nitrogen and oxygen atoms in total. The summed E-state index contributed by atoms with van der Waals surface area (Å²) in [6, 6.07) is 0. The second kappa shape index (κ2) is 7.51. The van der Waals surface area contributed by atoms with E-state index in [1.807, 2.05) is 25.3 Å². The Morgan fingerprint density at radius 2 is 1.10 bits per heavy atom. The van der Waals surface area contributed by atoms with E-state index in [9.17, 15) is 0 Å². The molecule has 0 saturated carbocycles. The van der Waals surface area contributed by atoms with Gasteiger partial charge in [0.15, 0.2) is 8.32 Å². The fraction of sp³-hybridized carbons (Fsp3) is 0.385. The zero-order valence-corrected chi connectivity index (χ0v) is 18.5. The minimum atomic E-state index is -2.67. The second-order valence-corrected chi connectivity index (χ2v) is 21.3. The highest BCUT2D eigenvalue weighted by molar-refractivity contribution is 7.21. The third kappa shape index (κ3) is 7.20. The highest BCUT2D eigenvalue weighted by atomic mass is 35.6. The van der Waals surface area contributed by atoms with Crippen molar-refractivity contribution in [2.24, 2.45) is 0 Å². The molecule has 0 amide bonds. The maximum atomic E-state index is 6.36. The van der Waals surface area contributed by atoms with E-state index in [-0.39, 0.29) is 0 Å². The Kier molecular flexibility index (Phi) is 7.51. The van der Waals surface area contributed by atoms with Crippen LogP contribution in [0.15, 0.2) is 49.1 Å². The Balaban J connectivity index is 5.31. The monoisotopic (exact) mass is 378 g/mol. The SMILES string of the molecule is C=C[Si](C)(C)O[Si](C)(C=C)O[Si](C)(C=C)O[Si](C)(Cl)C=C. The molecule has 0 radical (unpaired) electrons. The predicted octanol–water partition coefficient (Wildman–Crippen LogP) is 4.60. The molecule has 0 aromatic rings. The fourth-order valence-corrected chi connectivity index (χ4v) is 16.6. The normalized spacial score (nSPS) is 20.5. The highest BCUT2D eigenvalue weighted by Crippen LogP contribution is 2.27. The molecule has 0 saturated heterocycles. The van der Waals surface area contributed by atoms with Crippen LogP contribution in [0.1, 0.15) is 0 Å². The fourth-order valence-electron chi connectivity index (χ4n) is 1.61. The quantitative estimate of drug-likeness (QED) is 0.410. The molecule has 0 fully saturated rings. The van der Waals surface area contributed by atoms with Crippen LogP contribution in [-0.4, -0.2) is 33.1 Å². The van der Waals surface area contributed by atoms with Gasteiger partial charge >= 0.3 is 24.7 Å². The lowest BCUT2D eigenvalue weighted by Crippen LogP contribution is -2.56. The summed E-state index contributed by atoms with van der Waals surface area (Å²) in [5.41, 5.74) is 7.04. The molecule has 21 heavy (non-hydrogen) atoms. The molecular weight excluding hydrogens is 352 g/mol. The van der Waals surface area contributed by atoms with Crippen LogP contribution >= 0.6 is 11.1 Å². The van der Waals surface area contributed by atoms with E-state index in [2.05, 4.69) is 39.4 Å². The van der Waals surface area contributed by atoms with Gasteiger partial charge in [-0.3, -0.25) is 0 Å². The third-order valence-corrected chi connectivity index (χ3v) is 17.4. The minimum absolute atomic E-state index is 1.67. The third-order valence-electron chi connectivity index (χ3n) is 2.87. The molecule has 0 aliphatic carbocycles. The molecule has 120 valence electrons. The predicted molar refractivity (Wildman–Crippen MR) is 102 cm³/mol. The van der Waals surface area contributed by atoms with Crippen LogP contribution in [0.2, 0.25) is 32.7 Å². The molecule has 0 heterocycles. The van der Waals surface area contributed by atoms with Crippen LogP contribution in [-0.2, 0) is 12.3 Å². The Morgan fingerprint density at radius 1 is 0.667 bits per heavy atom. The largest absolute Gasteiger partial charge is 0.430 e. The molecule has 3 unspecified atom stereocenters. The summed E-state index contributed by atoms with van der Waals surface area (Å²) in [7, 11) is -9.75. The van der Waals surface area contributed by atoms with Gasteiger partial charge in [-0.1, -0.05) is 22.8 Å². The van der Waals surface area contributed by atoms with Crippen molar-refractivity contribution in [2.45, 2.75) is 32.7 Å². The molecule has 0 bridgehead atoms. The van der Waals surface area contributed by atoms with Gasteiger partial charge in [-0.25, -0.2) is 0 Å². The van der Waals surface area contributed by atoms with Gasteiger partial charge in [0.2, 0.25) is 0 Å². The number of hydrogen-bond donors (Lipinski definition) is 0. The van der Waals surface area contributed by atoms with Crippen molar-refractivity contribution in [1.82, 2.24) is 0 Å². The first-order valence-corrected chi connectivity index (χ1v) is 18.0. The van der Waals surface area contributed by atoms with Crippen molar-refractivity contribution in [3.8, 4) is 0 Å². The zero-order valence-electron chi connectivity index (χ0n) is 13.7. The molecule has 3 atom stereocenters. The first kappa shape index (κ1) is 21.0. The van der Waals surface area contributed by atoms with Gasteiger partial charge in [-0.05, 0) is 32.7 Å². The summed E-state index contributed by atoms with van der Waals surface area (Å²) in [6.07, 6.45) is 0. The van der Waals surface area contributed by atoms with Crippen molar-refractivity contribution in [2.75, 3.05) is 0 Å². The topological polar surface area (TPSA) is 27.7 Å². The molecular formula is C13H27ClO3Si4. The average Bonchev–Trinajstić information content (AvgIpc) is 2.37. The standard InChI is InChI=1S/C13H27ClO3Si4/c1-10-18(5,6)15-20(8,12-3)17-21(9,13-4)16-19(7,14)11-2/h10-13H,1-4H2,5-9H3. The van der Waals surface area contributed by atoms with Gasteiger partial charge in [0.1, 0.15) is 0 Å². The molecule has 0 N–H and O–H groups in total. The summed E-state index contributed by atoms with van der Waals surface area (Å²) >= 11 is 6.36. The highest BCUT2D eigenvalue weighted by Gasteiger charge is 2.45. The van der Waals surface area contributed by atoms with Gasteiger partial charge in [0.25, 0.3) is 0 Å². The Morgan fingerprint density at radius 3 is 1.43 bits per heavy atom. The Hall–Kier alpha value is -0.00247. The van der Waals surface area contributed by atoms with Crippen LogP contribution in [0.4, 0.5) is 0 Å². The maximum Gasteiger partial charge on any atom is 0.343 e. The Labute approximate surface area is 138 Å². The van der Waals surface area contributed by atoms with Crippen molar-refractivity contribution in [3.63, 3.8) is 0 Å². The minimum Gasteiger partial charge on any atom is -0.430 e. The summed E-state index contributed by atoms with van der Waals surface area (Å²) in [6.45, 7) is 25.2. The lowest BCUT2D eigenvalue weighted by Gasteiger charge is -2.39. The van der Waals surface area contributed by atoms with E-state index in [1.54, 1.807) is 17.1 Å². The van der Waals surface area contributed by atoms with E-state index in [0.29, 0.717) is 0 Å². The van der Waals surface area contributed by atoms with Crippen LogP contribution in [0.5, 0.6) is 0 Å². The van der Waals surface area contributed by atoms with Crippen LogP contribution < -0.4 is 0 Å². The first-order valence-electron chi connectivity index (χ1n) is 6.70. The van der Waals surface area contributed by atoms with Gasteiger partial charge < -0.3 is 12.3 Å². The lowest BCUT2D eigenvalue weighted by molar-refractivity contribution is 0.346. The average molecular weight is 379 g/mol. The first-order chi connectivity index (χ1) is 9.36. The van der Waals surface area contributed by atoms with E-state index in [4.69, 9.17) is 23.4 Å². The van der Waals surface area contributed by atoms with Crippen LogP contribution in [0.25, 0.3) is 0 Å².